The Bertz CT molecular complexity index is 637. The molecule has 2 rings (SSSR count). The first kappa shape index (κ1) is 17.3. The van der Waals surface area contributed by atoms with Crippen molar-refractivity contribution < 1.29 is 4.79 Å². The quantitative estimate of drug-likeness (QED) is 0.805. The number of halogens is 1. The van der Waals surface area contributed by atoms with E-state index in [1.807, 2.05) is 12.1 Å². The molecule has 2 aromatic rings. The highest BCUT2D eigenvalue weighted by Gasteiger charge is 2.11. The Labute approximate surface area is 142 Å². The van der Waals surface area contributed by atoms with E-state index >= 15 is 0 Å². The molecule has 0 bridgehead atoms. The molecule has 23 heavy (non-hydrogen) atoms. The lowest BCUT2D eigenvalue weighted by atomic mass is 10.2. The molecule has 1 heterocycles. The lowest BCUT2D eigenvalue weighted by Gasteiger charge is -2.23. The minimum Gasteiger partial charge on any atom is -0.370 e. The van der Waals surface area contributed by atoms with Crippen molar-refractivity contribution in [3.8, 4) is 0 Å². The minimum atomic E-state index is -0.255. The topological polar surface area (TPSA) is 45.2 Å². The van der Waals surface area contributed by atoms with Crippen LogP contribution in [0.3, 0.4) is 0 Å². The maximum absolute atomic E-state index is 12.2. The summed E-state index contributed by atoms with van der Waals surface area (Å²) in [5.74, 6) is 0.265. The summed E-state index contributed by atoms with van der Waals surface area (Å²) in [6.45, 7) is 6.32. The molecule has 0 radical (unpaired) electrons. The molecule has 1 aromatic carbocycles. The van der Waals surface area contributed by atoms with E-state index in [4.69, 9.17) is 11.6 Å². The summed E-state index contributed by atoms with van der Waals surface area (Å²) < 4.78 is 0. The van der Waals surface area contributed by atoms with Crippen molar-refractivity contribution in [1.82, 2.24) is 4.98 Å². The van der Waals surface area contributed by atoms with Gasteiger partial charge in [0.05, 0.1) is 22.5 Å². The van der Waals surface area contributed by atoms with E-state index in [0.29, 0.717) is 16.4 Å². The maximum atomic E-state index is 12.2. The number of hydrogen-bond acceptors (Lipinski definition) is 3. The van der Waals surface area contributed by atoms with Gasteiger partial charge in [-0.1, -0.05) is 37.6 Å². The number of carbonyl (C=O) groups is 1. The van der Waals surface area contributed by atoms with Crippen molar-refractivity contribution >= 4 is 29.0 Å². The molecule has 1 aromatic heterocycles. The van der Waals surface area contributed by atoms with Gasteiger partial charge in [0, 0.05) is 13.1 Å². The Morgan fingerprint density at radius 2 is 1.83 bits per heavy atom. The van der Waals surface area contributed by atoms with Crippen LogP contribution in [0.2, 0.25) is 5.02 Å². The third kappa shape index (κ3) is 4.70. The Hall–Kier alpha value is -2.07. The predicted octanol–water partition coefficient (Wildman–Crippen LogP) is 4.61. The van der Waals surface area contributed by atoms with Gasteiger partial charge in [0.25, 0.3) is 5.91 Å². The van der Waals surface area contributed by atoms with Crippen LogP contribution in [0, 0.1) is 0 Å². The number of nitrogens with one attached hydrogen (secondary N) is 1. The Morgan fingerprint density at radius 1 is 1.13 bits per heavy atom. The molecule has 1 amide bonds. The number of hydrogen-bond donors (Lipinski definition) is 1. The maximum Gasteiger partial charge on any atom is 0.258 e. The Morgan fingerprint density at radius 3 is 2.39 bits per heavy atom. The first-order valence-electron chi connectivity index (χ1n) is 7.92. The zero-order chi connectivity index (χ0) is 16.7. The van der Waals surface area contributed by atoms with Crippen LogP contribution in [0.5, 0.6) is 0 Å². The number of carbonyl (C=O) groups excluding carboxylic acids is 1. The molecule has 5 heteroatoms. The fourth-order valence-electron chi connectivity index (χ4n) is 2.39. The molecule has 0 aliphatic carbocycles. The average Bonchev–Trinajstić information content (AvgIpc) is 2.56. The highest BCUT2D eigenvalue weighted by atomic mass is 35.5. The Balaban J connectivity index is 2.07. The van der Waals surface area contributed by atoms with Crippen LogP contribution in [-0.4, -0.2) is 24.0 Å². The SMILES string of the molecule is CCCN(CCC)c1ccc(NC(=O)c2ccccc2Cl)nc1. The predicted molar refractivity (Wildman–Crippen MR) is 96.4 cm³/mol. The van der Waals surface area contributed by atoms with Gasteiger partial charge in [-0.3, -0.25) is 4.79 Å². The average molecular weight is 332 g/mol. The standard InChI is InChI=1S/C18H22ClN3O/c1-3-11-22(12-4-2)14-9-10-17(20-13-14)21-18(23)15-7-5-6-8-16(15)19/h5-10,13H,3-4,11-12H2,1-2H3,(H,20,21,23). The largest absolute Gasteiger partial charge is 0.370 e. The van der Waals surface area contributed by atoms with E-state index in [-0.39, 0.29) is 5.91 Å². The van der Waals surface area contributed by atoms with Crippen LogP contribution in [0.4, 0.5) is 11.5 Å². The molecule has 0 aliphatic rings. The summed E-state index contributed by atoms with van der Waals surface area (Å²) in [4.78, 5) is 18.9. The van der Waals surface area contributed by atoms with Gasteiger partial charge < -0.3 is 10.2 Å². The zero-order valence-electron chi connectivity index (χ0n) is 13.6. The molecule has 0 unspecified atom stereocenters. The fraction of sp³-hybridized carbons (Fsp3) is 0.333. The first-order valence-corrected chi connectivity index (χ1v) is 8.30. The summed E-state index contributed by atoms with van der Waals surface area (Å²) in [6, 6.07) is 10.8. The monoisotopic (exact) mass is 331 g/mol. The van der Waals surface area contributed by atoms with Crippen LogP contribution in [0.25, 0.3) is 0 Å². The van der Waals surface area contributed by atoms with E-state index in [2.05, 4.69) is 29.0 Å². The van der Waals surface area contributed by atoms with Crippen LogP contribution in [0.15, 0.2) is 42.6 Å². The van der Waals surface area contributed by atoms with Crippen molar-refractivity contribution in [2.24, 2.45) is 0 Å². The van der Waals surface area contributed by atoms with Crippen LogP contribution in [-0.2, 0) is 0 Å². The molecule has 0 aliphatic heterocycles. The first-order chi connectivity index (χ1) is 11.2. The second-order valence-corrected chi connectivity index (χ2v) is 5.73. The normalized spacial score (nSPS) is 10.4. The van der Waals surface area contributed by atoms with E-state index in [1.54, 1.807) is 30.5 Å². The van der Waals surface area contributed by atoms with Gasteiger partial charge in [-0.15, -0.1) is 0 Å². The van der Waals surface area contributed by atoms with Crippen molar-refractivity contribution in [2.45, 2.75) is 26.7 Å². The highest BCUT2D eigenvalue weighted by Crippen LogP contribution is 2.19. The van der Waals surface area contributed by atoms with E-state index < -0.39 is 0 Å². The molecule has 0 saturated heterocycles. The summed E-state index contributed by atoms with van der Waals surface area (Å²) >= 11 is 6.03. The van der Waals surface area contributed by atoms with Gasteiger partial charge in [0.15, 0.2) is 0 Å². The zero-order valence-corrected chi connectivity index (χ0v) is 14.3. The molecule has 122 valence electrons. The molecule has 0 spiro atoms. The molecular formula is C18H22ClN3O. The summed E-state index contributed by atoms with van der Waals surface area (Å²) in [5.41, 5.74) is 1.52. The third-order valence-electron chi connectivity index (χ3n) is 3.46. The molecule has 0 fully saturated rings. The minimum absolute atomic E-state index is 0.255. The number of pyridine rings is 1. The van der Waals surface area contributed by atoms with Gasteiger partial charge in [0.1, 0.15) is 5.82 Å². The van der Waals surface area contributed by atoms with Crippen LogP contribution < -0.4 is 10.2 Å². The van der Waals surface area contributed by atoms with Gasteiger partial charge in [0.2, 0.25) is 0 Å². The van der Waals surface area contributed by atoms with E-state index in [9.17, 15) is 4.79 Å². The van der Waals surface area contributed by atoms with Gasteiger partial charge in [-0.05, 0) is 37.1 Å². The van der Waals surface area contributed by atoms with Gasteiger partial charge in [-0.2, -0.15) is 0 Å². The van der Waals surface area contributed by atoms with Crippen molar-refractivity contribution in [3.63, 3.8) is 0 Å². The number of benzene rings is 1. The molecule has 4 nitrogen and oxygen atoms in total. The summed E-state index contributed by atoms with van der Waals surface area (Å²) in [7, 11) is 0. The summed E-state index contributed by atoms with van der Waals surface area (Å²) in [5, 5.41) is 3.21. The van der Waals surface area contributed by atoms with Crippen molar-refractivity contribution in [3.05, 3.63) is 53.2 Å². The second kappa shape index (κ2) is 8.53. The van der Waals surface area contributed by atoms with E-state index in [0.717, 1.165) is 31.6 Å². The smallest absolute Gasteiger partial charge is 0.258 e. The number of amides is 1. The van der Waals surface area contributed by atoms with E-state index in [1.165, 1.54) is 0 Å². The molecular weight excluding hydrogens is 310 g/mol. The van der Waals surface area contributed by atoms with Crippen LogP contribution >= 0.6 is 11.6 Å². The second-order valence-electron chi connectivity index (χ2n) is 5.32. The lowest BCUT2D eigenvalue weighted by molar-refractivity contribution is 0.102. The van der Waals surface area contributed by atoms with Gasteiger partial charge >= 0.3 is 0 Å². The third-order valence-corrected chi connectivity index (χ3v) is 3.79. The molecule has 0 saturated carbocycles. The molecule has 1 N–H and O–H groups in total. The number of anilines is 2. The number of rotatable bonds is 7. The van der Waals surface area contributed by atoms with Crippen molar-refractivity contribution in [1.29, 1.82) is 0 Å². The number of aromatic nitrogens is 1. The fourth-order valence-corrected chi connectivity index (χ4v) is 2.61. The molecule has 0 atom stereocenters. The lowest BCUT2D eigenvalue weighted by Crippen LogP contribution is -2.25. The highest BCUT2D eigenvalue weighted by molar-refractivity contribution is 6.34. The van der Waals surface area contributed by atoms with Gasteiger partial charge in [-0.25, -0.2) is 4.98 Å². The van der Waals surface area contributed by atoms with Crippen LogP contribution in [0.1, 0.15) is 37.0 Å². The Kier molecular flexibility index (Phi) is 6.41. The summed E-state index contributed by atoms with van der Waals surface area (Å²) in [6.07, 6.45) is 3.98. The number of nitrogens with zero attached hydrogens (tertiary/aromatic N) is 2. The van der Waals surface area contributed by atoms with Crippen molar-refractivity contribution in [2.75, 3.05) is 23.3 Å².